The Labute approximate surface area is 119 Å². The molecule has 5 heteroatoms. The van der Waals surface area contributed by atoms with Crippen LogP contribution in [0.4, 0.5) is 0 Å². The van der Waals surface area contributed by atoms with Crippen LogP contribution in [0.1, 0.15) is 5.69 Å². The average Bonchev–Trinajstić information content (AvgIpc) is 3.10. The smallest absolute Gasteiger partial charge is 0.263 e. The van der Waals surface area contributed by atoms with E-state index in [1.54, 1.807) is 11.3 Å². The molecule has 0 unspecified atom stereocenters. The van der Waals surface area contributed by atoms with Crippen molar-refractivity contribution in [3.63, 3.8) is 0 Å². The quantitative estimate of drug-likeness (QED) is 0.408. The van der Waals surface area contributed by atoms with Gasteiger partial charge in [0.25, 0.3) is 5.82 Å². The summed E-state index contributed by atoms with van der Waals surface area (Å²) in [5.74, 6) is 1.26. The maximum Gasteiger partial charge on any atom is 0.292 e. The van der Waals surface area contributed by atoms with E-state index >= 15 is 0 Å². The molecule has 96 valence electrons. The van der Waals surface area contributed by atoms with Crippen molar-refractivity contribution in [1.82, 2.24) is 14.5 Å². The molecule has 0 saturated heterocycles. The highest BCUT2D eigenvalue weighted by atomic mass is 32.1. The van der Waals surface area contributed by atoms with Gasteiger partial charge in [-0.25, -0.2) is 9.13 Å². The molecule has 0 radical (unpaired) electrons. The Bertz CT molecular complexity index is 996. The van der Waals surface area contributed by atoms with Crippen molar-refractivity contribution in [2.24, 2.45) is 7.05 Å². The number of rotatable bonds is 0. The molecule has 1 aliphatic rings. The van der Waals surface area contributed by atoms with Gasteiger partial charge in [-0.1, -0.05) is 11.3 Å². The van der Waals surface area contributed by atoms with Crippen molar-refractivity contribution in [1.29, 1.82) is 0 Å². The molecule has 20 heavy (non-hydrogen) atoms. The summed E-state index contributed by atoms with van der Waals surface area (Å²) < 4.78 is 5.91. The zero-order valence-corrected chi connectivity index (χ0v) is 11.7. The highest BCUT2D eigenvalue weighted by Crippen LogP contribution is 2.38. The fourth-order valence-electron chi connectivity index (χ4n) is 3.19. The third-order valence-corrected chi connectivity index (χ3v) is 5.24. The second-order valence-electron chi connectivity index (χ2n) is 5.09. The molecule has 0 amide bonds. The maximum atomic E-state index is 4.52. The monoisotopic (exact) mass is 279 g/mol. The Morgan fingerprint density at radius 3 is 3.20 bits per heavy atom. The van der Waals surface area contributed by atoms with Crippen LogP contribution >= 0.6 is 11.3 Å². The van der Waals surface area contributed by atoms with Crippen molar-refractivity contribution in [3.8, 4) is 11.4 Å². The van der Waals surface area contributed by atoms with Gasteiger partial charge in [-0.15, -0.1) is 0 Å². The third-order valence-electron chi connectivity index (χ3n) is 4.04. The van der Waals surface area contributed by atoms with E-state index in [0.717, 1.165) is 12.2 Å². The zero-order chi connectivity index (χ0) is 13.3. The standard InChI is InChI=1S/C15H11N4S/c1-18-14-9-3-2-5-17-11(9)8-19(14)13-10-4-6-16-7-12(10)20-15(13)18/h2-7H,8H2,1H3/q+1. The summed E-state index contributed by atoms with van der Waals surface area (Å²) in [6, 6.07) is 6.28. The lowest BCUT2D eigenvalue weighted by Crippen LogP contribution is -2.28. The first-order chi connectivity index (χ1) is 9.84. The maximum absolute atomic E-state index is 4.52. The average molecular weight is 279 g/mol. The lowest BCUT2D eigenvalue weighted by atomic mass is 10.2. The molecule has 0 atom stereocenters. The minimum atomic E-state index is 0.858. The van der Waals surface area contributed by atoms with Crippen molar-refractivity contribution >= 4 is 31.8 Å². The molecule has 0 saturated carbocycles. The van der Waals surface area contributed by atoms with Gasteiger partial charge in [-0.3, -0.25) is 9.97 Å². The molecule has 0 fully saturated rings. The number of nitrogens with zero attached hydrogens (tertiary/aromatic N) is 4. The van der Waals surface area contributed by atoms with Crippen LogP contribution < -0.4 is 4.57 Å². The van der Waals surface area contributed by atoms with Crippen molar-refractivity contribution in [2.45, 2.75) is 6.54 Å². The summed E-state index contributed by atoms with van der Waals surface area (Å²) >= 11 is 1.81. The molecule has 5 rings (SSSR count). The Morgan fingerprint density at radius 1 is 1.30 bits per heavy atom. The Hall–Kier alpha value is -2.27. The molecule has 4 aromatic heterocycles. The Kier molecular flexibility index (Phi) is 1.80. The van der Waals surface area contributed by atoms with Crippen LogP contribution in [0.25, 0.3) is 31.8 Å². The molecular formula is C15H11N4S+. The molecule has 0 N–H and O–H groups in total. The van der Waals surface area contributed by atoms with Crippen LogP contribution in [0.2, 0.25) is 0 Å². The number of fused-ring (bicyclic) bond motifs is 7. The minimum absolute atomic E-state index is 0.858. The van der Waals surface area contributed by atoms with E-state index in [0.29, 0.717) is 0 Å². The minimum Gasteiger partial charge on any atom is -0.263 e. The number of pyridine rings is 2. The topological polar surface area (TPSA) is 34.6 Å². The van der Waals surface area contributed by atoms with Crippen molar-refractivity contribution in [2.75, 3.05) is 0 Å². The summed E-state index contributed by atoms with van der Waals surface area (Å²) in [6.07, 6.45) is 5.69. The molecule has 0 aliphatic carbocycles. The summed E-state index contributed by atoms with van der Waals surface area (Å²) in [5.41, 5.74) is 3.72. The van der Waals surface area contributed by atoms with Gasteiger partial charge in [0.05, 0.1) is 23.0 Å². The second-order valence-corrected chi connectivity index (χ2v) is 6.12. The summed E-state index contributed by atoms with van der Waals surface area (Å²) in [7, 11) is 2.14. The van der Waals surface area contributed by atoms with E-state index in [2.05, 4.69) is 38.3 Å². The van der Waals surface area contributed by atoms with Crippen molar-refractivity contribution < 1.29 is 4.57 Å². The van der Waals surface area contributed by atoms with E-state index < -0.39 is 0 Å². The second kappa shape index (κ2) is 3.43. The van der Waals surface area contributed by atoms with E-state index in [1.807, 2.05) is 24.7 Å². The molecule has 5 heterocycles. The Balaban J connectivity index is 1.99. The van der Waals surface area contributed by atoms with Gasteiger partial charge in [-0.05, 0) is 18.2 Å². The van der Waals surface area contributed by atoms with Gasteiger partial charge >= 0.3 is 0 Å². The SMILES string of the molecule is C[n+]1c2n(c3c4ccncc4sc31)Cc1ncccc1-2. The number of thiophene rings is 1. The van der Waals surface area contributed by atoms with Gasteiger partial charge in [0, 0.05) is 24.0 Å². The van der Waals surface area contributed by atoms with Crippen LogP contribution in [0.15, 0.2) is 36.8 Å². The molecule has 4 aromatic rings. The van der Waals surface area contributed by atoms with E-state index in [4.69, 9.17) is 0 Å². The molecule has 0 aromatic carbocycles. The summed E-state index contributed by atoms with van der Waals surface area (Å²) in [4.78, 5) is 10.0. The van der Waals surface area contributed by atoms with Gasteiger partial charge in [0.2, 0.25) is 4.83 Å². The van der Waals surface area contributed by atoms with Crippen LogP contribution in [-0.2, 0) is 13.6 Å². The summed E-state index contributed by atoms with van der Waals surface area (Å²) in [6.45, 7) is 0.858. The molecule has 1 aliphatic heterocycles. The number of aryl methyl sites for hydroxylation is 1. The van der Waals surface area contributed by atoms with Crippen molar-refractivity contribution in [3.05, 3.63) is 42.5 Å². The predicted molar refractivity (Wildman–Crippen MR) is 78.6 cm³/mol. The van der Waals surface area contributed by atoms with Gasteiger partial charge < -0.3 is 0 Å². The molecule has 4 nitrogen and oxygen atoms in total. The highest BCUT2D eigenvalue weighted by Gasteiger charge is 2.35. The molecular weight excluding hydrogens is 268 g/mol. The zero-order valence-electron chi connectivity index (χ0n) is 10.9. The number of hydrogen-bond acceptors (Lipinski definition) is 3. The van der Waals surface area contributed by atoms with Crippen LogP contribution in [0.3, 0.4) is 0 Å². The fraction of sp³-hybridized carbons (Fsp3) is 0.133. The van der Waals surface area contributed by atoms with E-state index in [-0.39, 0.29) is 0 Å². The normalized spacial score (nSPS) is 13.1. The van der Waals surface area contributed by atoms with Gasteiger partial charge in [0.1, 0.15) is 6.54 Å². The van der Waals surface area contributed by atoms with Crippen LogP contribution in [-0.4, -0.2) is 14.5 Å². The predicted octanol–water partition coefficient (Wildman–Crippen LogP) is 2.50. The lowest BCUT2D eigenvalue weighted by Gasteiger charge is -1.93. The number of aromatic nitrogens is 4. The number of imidazole rings is 1. The first kappa shape index (κ1) is 10.5. The highest BCUT2D eigenvalue weighted by molar-refractivity contribution is 7.25. The fourth-order valence-corrected chi connectivity index (χ4v) is 4.33. The third kappa shape index (κ3) is 1.10. The molecule has 0 bridgehead atoms. The summed E-state index contributed by atoms with van der Waals surface area (Å²) in [5, 5.41) is 1.29. The largest absolute Gasteiger partial charge is 0.292 e. The first-order valence-electron chi connectivity index (χ1n) is 6.53. The van der Waals surface area contributed by atoms with Crippen LogP contribution in [0.5, 0.6) is 0 Å². The number of hydrogen-bond donors (Lipinski definition) is 0. The lowest BCUT2D eigenvalue weighted by molar-refractivity contribution is -0.631. The molecule has 0 spiro atoms. The first-order valence-corrected chi connectivity index (χ1v) is 7.35. The van der Waals surface area contributed by atoms with Gasteiger partial charge in [0.15, 0.2) is 5.52 Å². The van der Waals surface area contributed by atoms with E-state index in [1.165, 1.54) is 31.8 Å². The van der Waals surface area contributed by atoms with E-state index in [9.17, 15) is 0 Å². The van der Waals surface area contributed by atoms with Gasteiger partial charge in [-0.2, -0.15) is 0 Å². The van der Waals surface area contributed by atoms with Crippen LogP contribution in [0, 0.1) is 0 Å². The Morgan fingerprint density at radius 2 is 2.25 bits per heavy atom.